The first-order valence-electron chi connectivity index (χ1n) is 6.59. The van der Waals surface area contributed by atoms with Gasteiger partial charge in [0.15, 0.2) is 0 Å². The van der Waals surface area contributed by atoms with Gasteiger partial charge in [0.2, 0.25) is 0 Å². The molecule has 2 N–H and O–H groups in total. The second-order valence-electron chi connectivity index (χ2n) is 5.16. The van der Waals surface area contributed by atoms with Gasteiger partial charge in [0.25, 0.3) is 0 Å². The van der Waals surface area contributed by atoms with E-state index in [9.17, 15) is 0 Å². The molecule has 0 amide bonds. The van der Waals surface area contributed by atoms with Crippen LogP contribution in [0.2, 0.25) is 0 Å². The summed E-state index contributed by atoms with van der Waals surface area (Å²) in [4.78, 5) is 6.96. The molecule has 0 aromatic carbocycles. The smallest absolute Gasteiger partial charge is 0.0572 e. The molecule has 2 unspecified atom stereocenters. The molecule has 0 saturated carbocycles. The molecule has 2 rings (SSSR count). The summed E-state index contributed by atoms with van der Waals surface area (Å²) in [6, 6.07) is 6.90. The van der Waals surface area contributed by atoms with Crippen molar-refractivity contribution in [3.05, 3.63) is 30.1 Å². The van der Waals surface area contributed by atoms with Crippen molar-refractivity contribution in [3.8, 4) is 0 Å². The fourth-order valence-corrected chi connectivity index (χ4v) is 2.64. The van der Waals surface area contributed by atoms with E-state index in [0.29, 0.717) is 18.0 Å². The second kappa shape index (κ2) is 5.61. The fraction of sp³-hybridized carbons (Fsp3) is 0.643. The fourth-order valence-electron chi connectivity index (χ4n) is 2.64. The number of pyridine rings is 1. The monoisotopic (exact) mass is 233 g/mol. The maximum Gasteiger partial charge on any atom is 0.0572 e. The van der Waals surface area contributed by atoms with Gasteiger partial charge in [-0.15, -0.1) is 0 Å². The Kier molecular flexibility index (Phi) is 4.13. The summed E-state index contributed by atoms with van der Waals surface area (Å²) in [5.74, 6) is 0.696. The van der Waals surface area contributed by atoms with E-state index in [0.717, 1.165) is 13.1 Å². The van der Waals surface area contributed by atoms with E-state index in [1.54, 1.807) is 0 Å². The number of likely N-dealkylation sites (tertiary alicyclic amines) is 1. The predicted octanol–water partition coefficient (Wildman–Crippen LogP) is 2.20. The van der Waals surface area contributed by atoms with Crippen molar-refractivity contribution in [2.45, 2.75) is 38.8 Å². The zero-order valence-electron chi connectivity index (χ0n) is 10.8. The van der Waals surface area contributed by atoms with Gasteiger partial charge in [-0.3, -0.25) is 9.88 Å². The van der Waals surface area contributed by atoms with E-state index >= 15 is 0 Å². The lowest BCUT2D eigenvalue weighted by atomic mass is 9.90. The molecule has 1 aromatic rings. The Morgan fingerprint density at radius 2 is 2.00 bits per heavy atom. The maximum atomic E-state index is 5.97. The Morgan fingerprint density at radius 3 is 2.53 bits per heavy atom. The van der Waals surface area contributed by atoms with Crippen LogP contribution in [0.1, 0.15) is 38.4 Å². The minimum absolute atomic E-state index is 0.335. The van der Waals surface area contributed by atoms with Gasteiger partial charge in [-0.2, -0.15) is 0 Å². The number of aromatic nitrogens is 1. The van der Waals surface area contributed by atoms with E-state index in [-0.39, 0.29) is 0 Å². The molecule has 1 aliphatic rings. The summed E-state index contributed by atoms with van der Waals surface area (Å²) >= 11 is 0. The Labute approximate surface area is 104 Å². The van der Waals surface area contributed by atoms with Crippen LogP contribution in [0.5, 0.6) is 0 Å². The molecule has 0 spiro atoms. The lowest BCUT2D eigenvalue weighted by molar-refractivity contribution is 0.130. The summed E-state index contributed by atoms with van der Waals surface area (Å²) in [5, 5.41) is 0. The van der Waals surface area contributed by atoms with Crippen LogP contribution in [0.15, 0.2) is 24.4 Å². The Balaban J connectivity index is 1.93. The number of piperidine rings is 1. The number of hydrogen-bond acceptors (Lipinski definition) is 3. The average molecular weight is 233 g/mol. The highest BCUT2D eigenvalue weighted by Crippen LogP contribution is 2.26. The zero-order chi connectivity index (χ0) is 12.3. The predicted molar refractivity (Wildman–Crippen MR) is 70.6 cm³/mol. The lowest BCUT2D eigenvalue weighted by Gasteiger charge is -2.37. The van der Waals surface area contributed by atoms with Crippen molar-refractivity contribution in [2.75, 3.05) is 13.1 Å². The van der Waals surface area contributed by atoms with Gasteiger partial charge in [0.1, 0.15) is 0 Å². The summed E-state index contributed by atoms with van der Waals surface area (Å²) in [6.45, 7) is 6.66. The van der Waals surface area contributed by atoms with E-state index in [1.807, 2.05) is 12.3 Å². The molecule has 1 saturated heterocycles. The molecule has 2 heterocycles. The number of nitrogens with zero attached hydrogens (tertiary/aromatic N) is 2. The molecule has 1 fully saturated rings. The van der Waals surface area contributed by atoms with Crippen molar-refractivity contribution < 1.29 is 0 Å². The largest absolute Gasteiger partial charge is 0.328 e. The highest BCUT2D eigenvalue weighted by Gasteiger charge is 2.25. The summed E-state index contributed by atoms with van der Waals surface area (Å²) in [5.41, 5.74) is 7.14. The molecule has 1 aliphatic heterocycles. The van der Waals surface area contributed by atoms with Crippen LogP contribution in [0.4, 0.5) is 0 Å². The van der Waals surface area contributed by atoms with Crippen LogP contribution in [0.3, 0.4) is 0 Å². The van der Waals surface area contributed by atoms with Crippen molar-refractivity contribution in [3.63, 3.8) is 0 Å². The van der Waals surface area contributed by atoms with Crippen molar-refractivity contribution in [2.24, 2.45) is 11.7 Å². The van der Waals surface area contributed by atoms with Crippen LogP contribution < -0.4 is 5.73 Å². The molecule has 0 aliphatic carbocycles. The first-order chi connectivity index (χ1) is 8.18. The van der Waals surface area contributed by atoms with E-state index in [2.05, 4.69) is 35.9 Å². The van der Waals surface area contributed by atoms with Gasteiger partial charge in [-0.05, 0) is 57.8 Å². The molecule has 0 bridgehead atoms. The van der Waals surface area contributed by atoms with Gasteiger partial charge in [0.05, 0.1) is 5.69 Å². The Bertz CT molecular complexity index is 329. The quantitative estimate of drug-likeness (QED) is 0.870. The average Bonchev–Trinajstić information content (AvgIpc) is 2.39. The minimum atomic E-state index is 0.335. The van der Waals surface area contributed by atoms with Gasteiger partial charge < -0.3 is 5.73 Å². The van der Waals surface area contributed by atoms with Gasteiger partial charge in [0, 0.05) is 18.3 Å². The number of nitrogens with two attached hydrogens (primary N) is 1. The maximum absolute atomic E-state index is 5.97. The standard InChI is InChI=1S/C14H23N3/c1-11(15)13-6-9-17(10-7-13)12(2)14-5-3-4-8-16-14/h3-5,8,11-13H,6-7,9-10,15H2,1-2H3. The summed E-state index contributed by atoms with van der Waals surface area (Å²) < 4.78 is 0. The molecule has 3 heteroatoms. The van der Waals surface area contributed by atoms with Gasteiger partial charge in [-0.25, -0.2) is 0 Å². The molecule has 1 aromatic heterocycles. The normalized spacial score (nSPS) is 22.3. The molecular formula is C14H23N3. The third-order valence-electron chi connectivity index (χ3n) is 3.98. The first-order valence-corrected chi connectivity index (χ1v) is 6.59. The van der Waals surface area contributed by atoms with Crippen molar-refractivity contribution in [1.82, 2.24) is 9.88 Å². The zero-order valence-corrected chi connectivity index (χ0v) is 10.8. The second-order valence-corrected chi connectivity index (χ2v) is 5.16. The summed E-state index contributed by atoms with van der Waals surface area (Å²) in [7, 11) is 0. The van der Waals surface area contributed by atoms with Crippen LogP contribution in [-0.2, 0) is 0 Å². The highest BCUT2D eigenvalue weighted by molar-refractivity contribution is 5.08. The van der Waals surface area contributed by atoms with Crippen LogP contribution in [0.25, 0.3) is 0 Å². The molecule has 2 atom stereocenters. The molecule has 3 nitrogen and oxygen atoms in total. The van der Waals surface area contributed by atoms with Crippen LogP contribution in [0, 0.1) is 5.92 Å². The Morgan fingerprint density at radius 1 is 1.29 bits per heavy atom. The van der Waals surface area contributed by atoms with Crippen molar-refractivity contribution >= 4 is 0 Å². The molecular weight excluding hydrogens is 210 g/mol. The van der Waals surface area contributed by atoms with Crippen LogP contribution in [-0.4, -0.2) is 29.0 Å². The SMILES string of the molecule is CC(N)C1CCN(C(C)c2ccccn2)CC1. The highest BCUT2D eigenvalue weighted by atomic mass is 15.2. The van der Waals surface area contributed by atoms with Gasteiger partial charge in [-0.1, -0.05) is 6.07 Å². The van der Waals surface area contributed by atoms with E-state index in [1.165, 1.54) is 18.5 Å². The molecule has 0 radical (unpaired) electrons. The lowest BCUT2D eigenvalue weighted by Crippen LogP contribution is -2.40. The van der Waals surface area contributed by atoms with Gasteiger partial charge >= 0.3 is 0 Å². The third kappa shape index (κ3) is 3.05. The van der Waals surface area contributed by atoms with E-state index < -0.39 is 0 Å². The van der Waals surface area contributed by atoms with E-state index in [4.69, 9.17) is 5.73 Å². The third-order valence-corrected chi connectivity index (χ3v) is 3.98. The minimum Gasteiger partial charge on any atom is -0.328 e. The number of hydrogen-bond donors (Lipinski definition) is 1. The molecule has 94 valence electrons. The van der Waals surface area contributed by atoms with Crippen LogP contribution >= 0.6 is 0 Å². The number of rotatable bonds is 3. The first kappa shape index (κ1) is 12.5. The van der Waals surface area contributed by atoms with Crippen molar-refractivity contribution in [1.29, 1.82) is 0 Å². The topological polar surface area (TPSA) is 42.1 Å². The molecule has 17 heavy (non-hydrogen) atoms. The Hall–Kier alpha value is -0.930. The summed E-state index contributed by atoms with van der Waals surface area (Å²) in [6.07, 6.45) is 4.31.